The molecule has 6 heteroatoms. The van der Waals surface area contributed by atoms with Crippen molar-refractivity contribution in [2.24, 2.45) is 0 Å². The highest BCUT2D eigenvalue weighted by atomic mass is 35.5. The van der Waals surface area contributed by atoms with Crippen LogP contribution in [0.25, 0.3) is 0 Å². The topological polar surface area (TPSA) is 50.4 Å². The Labute approximate surface area is 107 Å². The summed E-state index contributed by atoms with van der Waals surface area (Å²) in [7, 11) is 0. The van der Waals surface area contributed by atoms with Gasteiger partial charge in [0.25, 0.3) is 0 Å². The molecule has 2 aliphatic rings. The molecule has 94 valence electrons. The van der Waals surface area contributed by atoms with Gasteiger partial charge >= 0.3 is 0 Å². The monoisotopic (exact) mass is 266 g/mol. The number of rotatable bonds is 3. The van der Waals surface area contributed by atoms with Gasteiger partial charge < -0.3 is 10.1 Å². The van der Waals surface area contributed by atoms with Crippen LogP contribution in [0.1, 0.15) is 19.8 Å². The molecule has 0 radical (unpaired) electrons. The summed E-state index contributed by atoms with van der Waals surface area (Å²) in [6.45, 7) is 2.86. The lowest BCUT2D eigenvalue weighted by Crippen LogP contribution is -2.49. The van der Waals surface area contributed by atoms with Crippen molar-refractivity contribution < 1.29 is 9.53 Å². The smallest absolute Gasteiger partial charge is 0.238 e. The van der Waals surface area contributed by atoms with E-state index in [1.807, 2.05) is 6.92 Å². The molecular weight excluding hydrogens is 248 g/mol. The van der Waals surface area contributed by atoms with Gasteiger partial charge in [0, 0.05) is 18.2 Å². The molecule has 3 unspecified atom stereocenters. The molecule has 0 aromatic carbocycles. The van der Waals surface area contributed by atoms with Gasteiger partial charge in [-0.1, -0.05) is 0 Å². The van der Waals surface area contributed by atoms with E-state index in [9.17, 15) is 4.79 Å². The average Bonchev–Trinajstić information content (AvgIpc) is 2.91. The van der Waals surface area contributed by atoms with Crippen molar-refractivity contribution >= 4 is 30.1 Å². The molecule has 4 nitrogen and oxygen atoms in total. The summed E-state index contributed by atoms with van der Waals surface area (Å²) in [5, 5.41) is 6.19. The minimum Gasteiger partial charge on any atom is -0.376 e. The first-order chi connectivity index (χ1) is 7.27. The van der Waals surface area contributed by atoms with Gasteiger partial charge in [-0.05, 0) is 19.8 Å². The van der Waals surface area contributed by atoms with Crippen LogP contribution in [0.15, 0.2) is 0 Å². The van der Waals surface area contributed by atoms with Crippen LogP contribution in [0.4, 0.5) is 0 Å². The molecule has 1 amide bonds. The summed E-state index contributed by atoms with van der Waals surface area (Å²) in [5.41, 5.74) is 0. The second kappa shape index (κ2) is 6.69. The van der Waals surface area contributed by atoms with Crippen LogP contribution in [0.2, 0.25) is 0 Å². The summed E-state index contributed by atoms with van der Waals surface area (Å²) in [5.74, 6) is 1.87. The molecule has 3 atom stereocenters. The highest BCUT2D eigenvalue weighted by molar-refractivity contribution is 7.99. The summed E-state index contributed by atoms with van der Waals surface area (Å²) in [4.78, 5) is 11.8. The van der Waals surface area contributed by atoms with Gasteiger partial charge in [-0.2, -0.15) is 0 Å². The number of carbonyl (C=O) groups is 1. The van der Waals surface area contributed by atoms with Crippen LogP contribution in [-0.4, -0.2) is 42.3 Å². The third-order valence-electron chi connectivity index (χ3n) is 2.93. The van der Waals surface area contributed by atoms with Crippen molar-refractivity contribution in [2.75, 3.05) is 18.2 Å². The van der Waals surface area contributed by atoms with Crippen molar-refractivity contribution in [3.05, 3.63) is 0 Å². The first-order valence-electron chi connectivity index (χ1n) is 5.50. The molecule has 0 saturated carbocycles. The Kier molecular flexibility index (Phi) is 5.89. The molecule has 2 fully saturated rings. The van der Waals surface area contributed by atoms with E-state index in [1.165, 1.54) is 0 Å². The van der Waals surface area contributed by atoms with Gasteiger partial charge in [0.05, 0.1) is 18.2 Å². The van der Waals surface area contributed by atoms with Gasteiger partial charge in [-0.25, -0.2) is 0 Å². The number of thioether (sulfide) groups is 1. The zero-order valence-electron chi connectivity index (χ0n) is 9.40. The molecule has 0 aromatic rings. The number of ether oxygens (including phenoxy) is 1. The number of nitrogens with one attached hydrogen (secondary N) is 2. The normalized spacial score (nSPS) is 30.8. The summed E-state index contributed by atoms with van der Waals surface area (Å²) >= 11 is 1.77. The minimum absolute atomic E-state index is 0. The minimum atomic E-state index is -0.0150. The van der Waals surface area contributed by atoms with E-state index in [2.05, 4.69) is 10.6 Å². The van der Waals surface area contributed by atoms with Crippen molar-refractivity contribution in [3.63, 3.8) is 0 Å². The summed E-state index contributed by atoms with van der Waals surface area (Å²) in [6, 6.07) is 0.117. The number of amides is 1. The second-order valence-corrected chi connectivity index (χ2v) is 5.15. The molecule has 2 rings (SSSR count). The fourth-order valence-electron chi connectivity index (χ4n) is 1.98. The Balaban J connectivity index is 0.00000128. The summed E-state index contributed by atoms with van der Waals surface area (Å²) < 4.78 is 5.54. The molecule has 2 aliphatic heterocycles. The molecule has 16 heavy (non-hydrogen) atoms. The first-order valence-corrected chi connectivity index (χ1v) is 6.66. The van der Waals surface area contributed by atoms with Crippen LogP contribution in [0.5, 0.6) is 0 Å². The van der Waals surface area contributed by atoms with E-state index >= 15 is 0 Å². The maximum Gasteiger partial charge on any atom is 0.238 e. The van der Waals surface area contributed by atoms with Crippen molar-refractivity contribution in [2.45, 2.75) is 38.0 Å². The molecule has 0 bridgehead atoms. The fourth-order valence-corrected chi connectivity index (χ4v) is 2.92. The van der Waals surface area contributed by atoms with Gasteiger partial charge in [0.15, 0.2) is 0 Å². The van der Waals surface area contributed by atoms with E-state index in [0.717, 1.165) is 31.1 Å². The van der Waals surface area contributed by atoms with E-state index in [4.69, 9.17) is 4.74 Å². The second-order valence-electron chi connectivity index (χ2n) is 4.12. The Morgan fingerprint density at radius 2 is 2.44 bits per heavy atom. The SMILES string of the molecule is CC(NC(=O)C1CSCN1)C1CCCO1.Cl. The average molecular weight is 267 g/mol. The number of carbonyl (C=O) groups excluding carboxylic acids is 1. The van der Waals surface area contributed by atoms with Crippen molar-refractivity contribution in [3.8, 4) is 0 Å². The third-order valence-corrected chi connectivity index (χ3v) is 3.87. The predicted octanol–water partition coefficient (Wildman–Crippen LogP) is 0.754. The Bertz CT molecular complexity index is 231. The van der Waals surface area contributed by atoms with Crippen LogP contribution in [-0.2, 0) is 9.53 Å². The number of halogens is 1. The van der Waals surface area contributed by atoms with Crippen LogP contribution >= 0.6 is 24.2 Å². The van der Waals surface area contributed by atoms with E-state index in [1.54, 1.807) is 11.8 Å². The molecule has 2 heterocycles. The molecule has 2 N–H and O–H groups in total. The lowest BCUT2D eigenvalue weighted by Gasteiger charge is -2.21. The van der Waals surface area contributed by atoms with Crippen molar-refractivity contribution in [1.82, 2.24) is 10.6 Å². The van der Waals surface area contributed by atoms with E-state index < -0.39 is 0 Å². The third kappa shape index (κ3) is 3.52. The van der Waals surface area contributed by atoms with Crippen LogP contribution in [0, 0.1) is 0 Å². The van der Waals surface area contributed by atoms with Crippen LogP contribution in [0.3, 0.4) is 0 Å². The number of hydrogen-bond acceptors (Lipinski definition) is 4. The summed E-state index contributed by atoms with van der Waals surface area (Å²) in [6.07, 6.45) is 2.39. The molecule has 0 aliphatic carbocycles. The molecular formula is C10H19ClN2O2S. The Morgan fingerprint density at radius 1 is 1.62 bits per heavy atom. The van der Waals surface area contributed by atoms with E-state index in [-0.39, 0.29) is 36.5 Å². The maximum atomic E-state index is 11.8. The maximum absolute atomic E-state index is 11.8. The number of hydrogen-bond donors (Lipinski definition) is 2. The van der Waals surface area contributed by atoms with Crippen molar-refractivity contribution in [1.29, 1.82) is 0 Å². The quantitative estimate of drug-likeness (QED) is 0.792. The Morgan fingerprint density at radius 3 is 3.00 bits per heavy atom. The first kappa shape index (κ1) is 14.1. The fraction of sp³-hybridized carbons (Fsp3) is 0.900. The standard InChI is InChI=1S/C10H18N2O2S.ClH/c1-7(9-3-2-4-14-9)12-10(13)8-5-15-6-11-8;/h7-9,11H,2-6H2,1H3,(H,12,13);1H. The van der Waals surface area contributed by atoms with Gasteiger partial charge in [-0.15, -0.1) is 24.2 Å². The predicted molar refractivity (Wildman–Crippen MR) is 68.1 cm³/mol. The molecule has 0 aromatic heterocycles. The van der Waals surface area contributed by atoms with Crippen LogP contribution < -0.4 is 10.6 Å². The zero-order valence-corrected chi connectivity index (χ0v) is 11.0. The lowest BCUT2D eigenvalue weighted by molar-refractivity contribution is -0.123. The molecule has 0 spiro atoms. The zero-order chi connectivity index (χ0) is 10.7. The van der Waals surface area contributed by atoms with Gasteiger partial charge in [0.1, 0.15) is 0 Å². The van der Waals surface area contributed by atoms with Gasteiger partial charge in [0.2, 0.25) is 5.91 Å². The van der Waals surface area contributed by atoms with E-state index in [0.29, 0.717) is 0 Å². The van der Waals surface area contributed by atoms with Gasteiger partial charge in [-0.3, -0.25) is 10.1 Å². The Hall–Kier alpha value is 0.0300. The largest absolute Gasteiger partial charge is 0.376 e. The highest BCUT2D eigenvalue weighted by Crippen LogP contribution is 2.16. The lowest BCUT2D eigenvalue weighted by atomic mass is 10.1. The molecule has 2 saturated heterocycles. The highest BCUT2D eigenvalue weighted by Gasteiger charge is 2.28.